The lowest BCUT2D eigenvalue weighted by Gasteiger charge is -2.11. The van der Waals surface area contributed by atoms with Gasteiger partial charge in [-0.25, -0.2) is 4.98 Å². The number of aromatic nitrogens is 3. The third kappa shape index (κ3) is 4.43. The lowest BCUT2D eigenvalue weighted by atomic mass is 10.1. The van der Waals surface area contributed by atoms with Gasteiger partial charge in [0.15, 0.2) is 14.8 Å². The summed E-state index contributed by atoms with van der Waals surface area (Å²) in [5.74, 6) is 0.224. The number of benzene rings is 2. The van der Waals surface area contributed by atoms with Crippen LogP contribution in [0.1, 0.15) is 11.1 Å². The van der Waals surface area contributed by atoms with Crippen molar-refractivity contribution in [2.45, 2.75) is 17.1 Å². The summed E-state index contributed by atoms with van der Waals surface area (Å²) in [7, 11) is 1.58. The molecule has 4 nitrogen and oxygen atoms in total. The molecule has 2 heterocycles. The summed E-state index contributed by atoms with van der Waals surface area (Å²) in [4.78, 5) is 17.5. The smallest absolute Gasteiger partial charge is 0.289 e. The van der Waals surface area contributed by atoms with Crippen LogP contribution in [0.15, 0.2) is 58.5 Å². The molecule has 0 radical (unpaired) electrons. The normalized spacial score (nSPS) is 11.9. The number of thiazole rings is 1. The number of rotatable bonds is 4. The van der Waals surface area contributed by atoms with Crippen molar-refractivity contribution in [3.05, 3.63) is 79.0 Å². The van der Waals surface area contributed by atoms with E-state index in [0.717, 1.165) is 29.2 Å². The molecule has 0 amide bonds. The molecule has 0 spiro atoms. The number of halogens is 4. The molecule has 0 atom stereocenters. The van der Waals surface area contributed by atoms with Gasteiger partial charge in [-0.3, -0.25) is 13.9 Å². The third-order valence-electron chi connectivity index (χ3n) is 4.48. The molecule has 11 heteroatoms. The van der Waals surface area contributed by atoms with Gasteiger partial charge in [0, 0.05) is 23.5 Å². The van der Waals surface area contributed by atoms with Crippen molar-refractivity contribution in [3.63, 3.8) is 0 Å². The summed E-state index contributed by atoms with van der Waals surface area (Å²) in [6, 6.07) is 12.1. The maximum absolute atomic E-state index is 13.0. The van der Waals surface area contributed by atoms with Gasteiger partial charge in [0.2, 0.25) is 0 Å². The van der Waals surface area contributed by atoms with Crippen LogP contribution in [-0.4, -0.2) is 14.1 Å². The Hall–Kier alpha value is -2.14. The molecule has 160 valence electrons. The lowest BCUT2D eigenvalue weighted by Crippen LogP contribution is -2.19. The van der Waals surface area contributed by atoms with Crippen molar-refractivity contribution in [3.8, 4) is 5.69 Å². The Balaban J connectivity index is 1.75. The largest absolute Gasteiger partial charge is 0.416 e. The summed E-state index contributed by atoms with van der Waals surface area (Å²) in [5, 5.41) is 0.946. The molecule has 4 aromatic rings. The van der Waals surface area contributed by atoms with E-state index in [2.05, 4.69) is 4.98 Å². The monoisotopic (exact) mass is 499 g/mol. The summed E-state index contributed by atoms with van der Waals surface area (Å²) in [5.41, 5.74) is 0.633. The minimum atomic E-state index is -4.41. The molecule has 0 aliphatic carbocycles. The second kappa shape index (κ2) is 8.42. The van der Waals surface area contributed by atoms with Gasteiger partial charge in [-0.15, -0.1) is 0 Å². The Bertz CT molecular complexity index is 1390. The fourth-order valence-corrected chi connectivity index (χ4v) is 5.32. The van der Waals surface area contributed by atoms with Crippen LogP contribution in [0, 0.1) is 3.95 Å². The van der Waals surface area contributed by atoms with E-state index in [1.54, 1.807) is 41.9 Å². The van der Waals surface area contributed by atoms with Crippen molar-refractivity contribution in [1.29, 1.82) is 0 Å². The average molecular weight is 500 g/mol. The highest BCUT2D eigenvalue weighted by molar-refractivity contribution is 7.98. The first kappa shape index (κ1) is 22.1. The second-order valence-electron chi connectivity index (χ2n) is 6.58. The molecule has 0 fully saturated rings. The summed E-state index contributed by atoms with van der Waals surface area (Å²) in [6.45, 7) is 0. The number of thioether (sulfide) groups is 1. The highest BCUT2D eigenvalue weighted by atomic mass is 35.5. The molecule has 0 saturated carbocycles. The van der Waals surface area contributed by atoms with Gasteiger partial charge < -0.3 is 0 Å². The number of hydrogen-bond donors (Lipinski definition) is 0. The molecular weight excluding hydrogens is 487 g/mol. The van der Waals surface area contributed by atoms with E-state index in [-0.39, 0.29) is 11.3 Å². The third-order valence-corrected chi connectivity index (χ3v) is 7.19. The molecule has 0 unspecified atom stereocenters. The minimum absolute atomic E-state index is 0.224. The zero-order chi connectivity index (χ0) is 22.3. The van der Waals surface area contributed by atoms with Gasteiger partial charge in [0.25, 0.3) is 5.56 Å². The fraction of sp³-hybridized carbons (Fsp3) is 0.150. The Labute approximate surface area is 192 Å². The first-order valence-corrected chi connectivity index (χ1v) is 11.4. The zero-order valence-electron chi connectivity index (χ0n) is 15.8. The standard InChI is InChI=1S/C20H13ClF3N3OS3/c1-26-17(28)15-16(27(19(29)31-15)14-7-5-13(21)6-8-14)25-18(26)30-10-11-3-2-4-12(9-11)20(22,23)24/h2-9H,10H2,1H3. The molecule has 2 aromatic carbocycles. The first-order chi connectivity index (χ1) is 14.6. The van der Waals surface area contributed by atoms with Crippen molar-refractivity contribution in [2.75, 3.05) is 0 Å². The van der Waals surface area contributed by atoms with E-state index in [4.69, 9.17) is 23.8 Å². The van der Waals surface area contributed by atoms with Crippen LogP contribution in [-0.2, 0) is 19.0 Å². The van der Waals surface area contributed by atoms with Crippen LogP contribution >= 0.6 is 46.9 Å². The fourth-order valence-electron chi connectivity index (χ4n) is 2.94. The van der Waals surface area contributed by atoms with Crippen LogP contribution in [0.3, 0.4) is 0 Å². The topological polar surface area (TPSA) is 39.8 Å². The SMILES string of the molecule is Cn1c(SCc2cccc(C(F)(F)F)c2)nc2c(sc(=S)n2-c2ccc(Cl)cc2)c1=O. The van der Waals surface area contributed by atoms with Crippen molar-refractivity contribution in [2.24, 2.45) is 7.05 Å². The first-order valence-electron chi connectivity index (χ1n) is 8.82. The Morgan fingerprint density at radius 3 is 2.58 bits per heavy atom. The number of hydrogen-bond acceptors (Lipinski definition) is 5. The molecule has 4 rings (SSSR count). The highest BCUT2D eigenvalue weighted by Crippen LogP contribution is 2.31. The van der Waals surface area contributed by atoms with Crippen molar-refractivity contribution >= 4 is 57.3 Å². The van der Waals surface area contributed by atoms with Gasteiger partial charge in [-0.05, 0) is 48.1 Å². The molecule has 0 aliphatic rings. The second-order valence-corrected chi connectivity index (χ2v) is 9.60. The van der Waals surface area contributed by atoms with Gasteiger partial charge >= 0.3 is 6.18 Å². The van der Waals surface area contributed by atoms with Crippen LogP contribution in [0.2, 0.25) is 5.02 Å². The summed E-state index contributed by atoms with van der Waals surface area (Å²) in [6.07, 6.45) is -4.41. The highest BCUT2D eigenvalue weighted by Gasteiger charge is 2.30. The lowest BCUT2D eigenvalue weighted by molar-refractivity contribution is -0.137. The summed E-state index contributed by atoms with van der Waals surface area (Å²) < 4.78 is 42.9. The van der Waals surface area contributed by atoms with Gasteiger partial charge in [0.05, 0.1) is 5.56 Å². The number of nitrogens with zero attached hydrogens (tertiary/aromatic N) is 3. The van der Waals surface area contributed by atoms with Crippen LogP contribution in [0.5, 0.6) is 0 Å². The average Bonchev–Trinajstić information content (AvgIpc) is 3.06. The van der Waals surface area contributed by atoms with E-state index >= 15 is 0 Å². The van der Waals surface area contributed by atoms with Crippen LogP contribution in [0.4, 0.5) is 13.2 Å². The van der Waals surface area contributed by atoms with Gasteiger partial charge in [-0.2, -0.15) is 13.2 Å². The predicted molar refractivity (Wildman–Crippen MR) is 121 cm³/mol. The van der Waals surface area contributed by atoms with E-state index in [1.165, 1.54) is 22.4 Å². The molecule has 0 N–H and O–H groups in total. The quantitative estimate of drug-likeness (QED) is 0.183. The van der Waals surface area contributed by atoms with Gasteiger partial charge in [0.1, 0.15) is 4.70 Å². The minimum Gasteiger partial charge on any atom is -0.289 e. The molecule has 31 heavy (non-hydrogen) atoms. The molecule has 0 aliphatic heterocycles. The Kier molecular flexibility index (Phi) is 5.99. The van der Waals surface area contributed by atoms with E-state index in [1.807, 2.05) is 0 Å². The predicted octanol–water partition coefficient (Wildman–Crippen LogP) is 6.48. The number of fused-ring (bicyclic) bond motifs is 1. The maximum Gasteiger partial charge on any atom is 0.416 e. The van der Waals surface area contributed by atoms with Gasteiger partial charge in [-0.1, -0.05) is 52.9 Å². The molecule has 2 aromatic heterocycles. The van der Waals surface area contributed by atoms with Crippen LogP contribution < -0.4 is 5.56 Å². The molecule has 0 bridgehead atoms. The van der Waals surface area contributed by atoms with Crippen molar-refractivity contribution in [1.82, 2.24) is 14.1 Å². The number of alkyl halides is 3. The van der Waals surface area contributed by atoms with E-state index in [0.29, 0.717) is 30.0 Å². The summed E-state index contributed by atoms with van der Waals surface area (Å²) >= 11 is 13.8. The zero-order valence-corrected chi connectivity index (χ0v) is 19.0. The maximum atomic E-state index is 13.0. The van der Waals surface area contributed by atoms with Crippen molar-refractivity contribution < 1.29 is 13.2 Å². The molecular formula is C20H13ClF3N3OS3. The van der Waals surface area contributed by atoms with E-state index < -0.39 is 11.7 Å². The molecule has 0 saturated heterocycles. The Morgan fingerprint density at radius 2 is 1.90 bits per heavy atom. The van der Waals surface area contributed by atoms with Crippen LogP contribution in [0.25, 0.3) is 16.0 Å². The van der Waals surface area contributed by atoms with E-state index in [9.17, 15) is 18.0 Å². The Morgan fingerprint density at radius 1 is 1.19 bits per heavy atom.